The van der Waals surface area contributed by atoms with Crippen LogP contribution in [0.4, 0.5) is 4.79 Å². The Morgan fingerprint density at radius 3 is 2.74 bits per heavy atom. The summed E-state index contributed by atoms with van der Waals surface area (Å²) >= 11 is 0. The quantitative estimate of drug-likeness (QED) is 0.748. The zero-order valence-corrected chi connectivity index (χ0v) is 17.0. The average Bonchev–Trinajstić information content (AvgIpc) is 3.36. The van der Waals surface area contributed by atoms with E-state index in [9.17, 15) is 14.4 Å². The molecule has 31 heavy (non-hydrogen) atoms. The van der Waals surface area contributed by atoms with Crippen molar-refractivity contribution in [3.63, 3.8) is 0 Å². The van der Waals surface area contributed by atoms with Gasteiger partial charge in [-0.3, -0.25) is 14.5 Å². The lowest BCUT2D eigenvalue weighted by atomic mass is 9.99. The summed E-state index contributed by atoms with van der Waals surface area (Å²) in [7, 11) is 0. The molecule has 0 aliphatic carbocycles. The van der Waals surface area contributed by atoms with Gasteiger partial charge in [0.15, 0.2) is 11.5 Å². The van der Waals surface area contributed by atoms with E-state index >= 15 is 0 Å². The standard InChI is InChI=1S/C23H23N3O5/c27-21(25-10-9-16-3-1-2-4-17(16)13-25)8-6-18-22(28)26(23(29)24-18)12-15-5-7-19-20(11-15)31-14-30-19/h1-5,7,11,18H,6,8-10,12-14H2,(H,24,29)/t18-/m0/s1. The van der Waals surface area contributed by atoms with Gasteiger partial charge in [-0.05, 0) is 41.7 Å². The van der Waals surface area contributed by atoms with Crippen LogP contribution >= 0.6 is 0 Å². The van der Waals surface area contributed by atoms with Crippen molar-refractivity contribution >= 4 is 17.8 Å². The molecule has 0 spiro atoms. The van der Waals surface area contributed by atoms with Crippen molar-refractivity contribution in [1.29, 1.82) is 0 Å². The van der Waals surface area contributed by atoms with E-state index in [1.54, 1.807) is 18.2 Å². The first-order valence-corrected chi connectivity index (χ1v) is 10.4. The van der Waals surface area contributed by atoms with Crippen LogP contribution in [0.15, 0.2) is 42.5 Å². The molecule has 3 heterocycles. The lowest BCUT2D eigenvalue weighted by Crippen LogP contribution is -2.37. The Labute approximate surface area is 179 Å². The first-order valence-electron chi connectivity index (χ1n) is 10.4. The molecule has 4 amide bonds. The molecule has 0 bridgehead atoms. The van der Waals surface area contributed by atoms with Crippen LogP contribution in [0.1, 0.15) is 29.5 Å². The van der Waals surface area contributed by atoms with Gasteiger partial charge in [0, 0.05) is 19.5 Å². The summed E-state index contributed by atoms with van der Waals surface area (Å²) in [6.07, 6.45) is 1.35. The zero-order chi connectivity index (χ0) is 21.4. The number of rotatable bonds is 5. The van der Waals surface area contributed by atoms with Gasteiger partial charge < -0.3 is 19.7 Å². The van der Waals surface area contributed by atoms with E-state index in [0.29, 0.717) is 31.0 Å². The molecule has 0 aromatic heterocycles. The number of carbonyl (C=O) groups excluding carboxylic acids is 3. The molecule has 2 aromatic carbocycles. The van der Waals surface area contributed by atoms with Crippen molar-refractivity contribution in [2.45, 2.75) is 38.4 Å². The fraction of sp³-hybridized carbons (Fsp3) is 0.348. The number of imide groups is 1. The van der Waals surface area contributed by atoms with E-state index < -0.39 is 12.1 Å². The van der Waals surface area contributed by atoms with Gasteiger partial charge in [0.1, 0.15) is 6.04 Å². The maximum atomic E-state index is 12.8. The van der Waals surface area contributed by atoms with Crippen LogP contribution in [0.3, 0.4) is 0 Å². The molecule has 3 aliphatic heterocycles. The molecule has 0 unspecified atom stereocenters. The molecule has 2 aromatic rings. The van der Waals surface area contributed by atoms with E-state index in [0.717, 1.165) is 12.0 Å². The summed E-state index contributed by atoms with van der Waals surface area (Å²) in [5.74, 6) is 0.956. The first kappa shape index (κ1) is 19.4. The summed E-state index contributed by atoms with van der Waals surface area (Å²) < 4.78 is 10.6. The van der Waals surface area contributed by atoms with Crippen LogP contribution < -0.4 is 14.8 Å². The molecule has 1 N–H and O–H groups in total. The molecular formula is C23H23N3O5. The highest BCUT2D eigenvalue weighted by atomic mass is 16.7. The molecule has 160 valence electrons. The molecule has 8 heteroatoms. The highest BCUT2D eigenvalue weighted by molar-refractivity contribution is 6.04. The Morgan fingerprint density at radius 2 is 1.87 bits per heavy atom. The summed E-state index contributed by atoms with van der Waals surface area (Å²) in [5, 5.41) is 2.71. The largest absolute Gasteiger partial charge is 0.454 e. The van der Waals surface area contributed by atoms with Gasteiger partial charge in [0.25, 0.3) is 5.91 Å². The number of ether oxygens (including phenoxy) is 2. The van der Waals surface area contributed by atoms with Crippen molar-refractivity contribution in [2.75, 3.05) is 13.3 Å². The number of amides is 4. The average molecular weight is 421 g/mol. The van der Waals surface area contributed by atoms with Crippen molar-refractivity contribution < 1.29 is 23.9 Å². The second-order valence-electron chi connectivity index (χ2n) is 7.99. The fourth-order valence-corrected chi connectivity index (χ4v) is 4.28. The highest BCUT2D eigenvalue weighted by Gasteiger charge is 2.38. The smallest absolute Gasteiger partial charge is 0.325 e. The van der Waals surface area contributed by atoms with Gasteiger partial charge in [-0.1, -0.05) is 30.3 Å². The normalized spacial score (nSPS) is 19.4. The number of urea groups is 1. The molecule has 0 radical (unpaired) electrons. The van der Waals surface area contributed by atoms with Gasteiger partial charge in [-0.2, -0.15) is 0 Å². The second kappa shape index (κ2) is 7.94. The predicted molar refractivity (Wildman–Crippen MR) is 110 cm³/mol. The van der Waals surface area contributed by atoms with Crippen molar-refractivity contribution in [3.05, 3.63) is 59.2 Å². The second-order valence-corrected chi connectivity index (χ2v) is 7.99. The van der Waals surface area contributed by atoms with Crippen molar-refractivity contribution in [3.8, 4) is 11.5 Å². The van der Waals surface area contributed by atoms with Crippen LogP contribution in [0.5, 0.6) is 11.5 Å². The van der Waals surface area contributed by atoms with Crippen LogP contribution in [-0.2, 0) is 29.1 Å². The SMILES string of the molecule is O=C(CC[C@@H]1NC(=O)N(Cc2ccc3c(c2)OCO3)C1=O)N1CCc2ccccc2C1. The van der Waals surface area contributed by atoms with Gasteiger partial charge >= 0.3 is 6.03 Å². The Hall–Kier alpha value is -3.55. The minimum Gasteiger partial charge on any atom is -0.454 e. The number of fused-ring (bicyclic) bond motifs is 2. The maximum Gasteiger partial charge on any atom is 0.325 e. The monoisotopic (exact) mass is 421 g/mol. The van der Waals surface area contributed by atoms with Crippen LogP contribution in [0, 0.1) is 0 Å². The van der Waals surface area contributed by atoms with Gasteiger partial charge in [0.2, 0.25) is 12.7 Å². The third-order valence-electron chi connectivity index (χ3n) is 6.01. The van der Waals surface area contributed by atoms with E-state index in [1.807, 2.05) is 23.1 Å². The number of hydrogen-bond acceptors (Lipinski definition) is 5. The molecule has 0 saturated carbocycles. The molecule has 1 saturated heterocycles. The first-order chi connectivity index (χ1) is 15.1. The van der Waals surface area contributed by atoms with Gasteiger partial charge in [-0.25, -0.2) is 4.79 Å². The molecule has 8 nitrogen and oxygen atoms in total. The van der Waals surface area contributed by atoms with Gasteiger partial charge in [-0.15, -0.1) is 0 Å². The maximum absolute atomic E-state index is 12.8. The number of nitrogens with one attached hydrogen (secondary N) is 1. The molecule has 1 atom stereocenters. The summed E-state index contributed by atoms with van der Waals surface area (Å²) in [6.45, 7) is 1.59. The minimum absolute atomic E-state index is 0.00535. The van der Waals surface area contributed by atoms with E-state index in [-0.39, 0.29) is 31.6 Å². The van der Waals surface area contributed by atoms with Crippen LogP contribution in [0.2, 0.25) is 0 Å². The molecule has 1 fully saturated rings. The Balaban J connectivity index is 1.17. The van der Waals surface area contributed by atoms with E-state index in [1.165, 1.54) is 16.0 Å². The van der Waals surface area contributed by atoms with E-state index in [2.05, 4.69) is 11.4 Å². The Bertz CT molecular complexity index is 1050. The number of carbonyl (C=O) groups is 3. The van der Waals surface area contributed by atoms with Crippen LogP contribution in [0.25, 0.3) is 0 Å². The zero-order valence-electron chi connectivity index (χ0n) is 17.0. The Kier molecular flexibility index (Phi) is 4.97. The minimum atomic E-state index is -0.678. The summed E-state index contributed by atoms with van der Waals surface area (Å²) in [6, 6.07) is 12.4. The Morgan fingerprint density at radius 1 is 1.06 bits per heavy atom. The summed E-state index contributed by atoms with van der Waals surface area (Å²) in [5.41, 5.74) is 3.22. The third kappa shape index (κ3) is 3.81. The topological polar surface area (TPSA) is 88.2 Å². The third-order valence-corrected chi connectivity index (χ3v) is 6.01. The fourth-order valence-electron chi connectivity index (χ4n) is 4.28. The van der Waals surface area contributed by atoms with Crippen LogP contribution in [-0.4, -0.2) is 47.0 Å². The lowest BCUT2D eigenvalue weighted by molar-refractivity contribution is -0.132. The lowest BCUT2D eigenvalue weighted by Gasteiger charge is -2.29. The van der Waals surface area contributed by atoms with Crippen molar-refractivity contribution in [1.82, 2.24) is 15.1 Å². The molecule has 3 aliphatic rings. The number of hydrogen-bond donors (Lipinski definition) is 1. The van der Waals surface area contributed by atoms with E-state index in [4.69, 9.17) is 9.47 Å². The summed E-state index contributed by atoms with van der Waals surface area (Å²) in [4.78, 5) is 40.8. The predicted octanol–water partition coefficient (Wildman–Crippen LogP) is 2.20. The highest BCUT2D eigenvalue weighted by Crippen LogP contribution is 2.33. The number of nitrogens with zero attached hydrogens (tertiary/aromatic N) is 2. The number of benzene rings is 2. The van der Waals surface area contributed by atoms with Crippen molar-refractivity contribution in [2.24, 2.45) is 0 Å². The van der Waals surface area contributed by atoms with Gasteiger partial charge in [0.05, 0.1) is 6.54 Å². The molecule has 5 rings (SSSR count). The molecular weight excluding hydrogens is 398 g/mol.